The largest absolute Gasteiger partial charge is 0.496 e. The smallest absolute Gasteiger partial charge is 0.236 e. The molecule has 0 saturated heterocycles. The molecule has 1 aromatic carbocycles. The normalized spacial score (nSPS) is 12.0. The molecule has 0 saturated carbocycles. The zero-order valence-corrected chi connectivity index (χ0v) is 11.3. The summed E-state index contributed by atoms with van der Waals surface area (Å²) in [7, 11) is 1.68. The number of nitrogens with one attached hydrogen (secondary N) is 1. The molecule has 0 spiro atoms. The van der Waals surface area contributed by atoms with Gasteiger partial charge in [0.2, 0.25) is 5.91 Å². The summed E-state index contributed by atoms with van der Waals surface area (Å²) in [5, 5.41) is 2.80. The van der Waals surface area contributed by atoms with Crippen LogP contribution in [0.3, 0.4) is 0 Å². The Hall–Kier alpha value is -1.55. The monoisotopic (exact) mass is 250 g/mol. The number of benzene rings is 1. The quantitative estimate of drug-likeness (QED) is 0.799. The van der Waals surface area contributed by atoms with Gasteiger partial charge in [-0.05, 0) is 37.0 Å². The maximum Gasteiger partial charge on any atom is 0.236 e. The van der Waals surface area contributed by atoms with E-state index in [4.69, 9.17) is 10.5 Å². The lowest BCUT2D eigenvalue weighted by Gasteiger charge is -2.10. The van der Waals surface area contributed by atoms with E-state index in [9.17, 15) is 4.79 Å². The maximum absolute atomic E-state index is 11.3. The van der Waals surface area contributed by atoms with Crippen LogP contribution in [0.4, 0.5) is 0 Å². The molecule has 0 heterocycles. The average Bonchev–Trinajstić information content (AvgIpc) is 2.38. The van der Waals surface area contributed by atoms with E-state index in [1.54, 1.807) is 14.0 Å². The molecule has 0 aliphatic heterocycles. The minimum absolute atomic E-state index is 0.112. The van der Waals surface area contributed by atoms with Gasteiger partial charge >= 0.3 is 0 Å². The van der Waals surface area contributed by atoms with Crippen LogP contribution in [0.15, 0.2) is 18.2 Å². The van der Waals surface area contributed by atoms with Gasteiger partial charge in [-0.1, -0.05) is 19.1 Å². The van der Waals surface area contributed by atoms with Crippen molar-refractivity contribution in [2.45, 2.75) is 32.7 Å². The average molecular weight is 250 g/mol. The summed E-state index contributed by atoms with van der Waals surface area (Å²) < 4.78 is 5.28. The molecule has 0 fully saturated rings. The van der Waals surface area contributed by atoms with Crippen LogP contribution in [-0.4, -0.2) is 25.6 Å². The lowest BCUT2D eigenvalue weighted by molar-refractivity contribution is -0.121. The number of hydrogen-bond acceptors (Lipinski definition) is 3. The van der Waals surface area contributed by atoms with Crippen molar-refractivity contribution in [3.63, 3.8) is 0 Å². The molecule has 0 bridgehead atoms. The third-order valence-corrected chi connectivity index (χ3v) is 2.85. The number of hydrogen-bond donors (Lipinski definition) is 2. The van der Waals surface area contributed by atoms with Gasteiger partial charge < -0.3 is 15.8 Å². The molecule has 0 aliphatic rings. The van der Waals surface area contributed by atoms with Crippen molar-refractivity contribution < 1.29 is 9.53 Å². The highest BCUT2D eigenvalue weighted by Gasteiger charge is 2.06. The highest BCUT2D eigenvalue weighted by molar-refractivity contribution is 5.80. The third kappa shape index (κ3) is 4.04. The third-order valence-electron chi connectivity index (χ3n) is 2.85. The molecule has 18 heavy (non-hydrogen) atoms. The molecule has 0 aromatic heterocycles. The molecule has 4 nitrogen and oxygen atoms in total. The fourth-order valence-corrected chi connectivity index (χ4v) is 1.75. The molecule has 0 aliphatic carbocycles. The minimum atomic E-state index is -0.452. The zero-order valence-electron chi connectivity index (χ0n) is 11.3. The van der Waals surface area contributed by atoms with E-state index < -0.39 is 6.04 Å². The molecule has 100 valence electrons. The second-order valence-electron chi connectivity index (χ2n) is 4.33. The Labute approximate surface area is 109 Å². The minimum Gasteiger partial charge on any atom is -0.496 e. The SMILES string of the molecule is CCc1cc(CCNC(=O)C(C)N)ccc1OC. The molecule has 3 N–H and O–H groups in total. The topological polar surface area (TPSA) is 64.4 Å². The molecular weight excluding hydrogens is 228 g/mol. The predicted molar refractivity (Wildman–Crippen MR) is 72.7 cm³/mol. The fourth-order valence-electron chi connectivity index (χ4n) is 1.75. The summed E-state index contributed by atoms with van der Waals surface area (Å²) in [5.41, 5.74) is 7.85. The predicted octanol–water partition coefficient (Wildman–Crippen LogP) is 1.26. The summed E-state index contributed by atoms with van der Waals surface area (Å²) in [6, 6.07) is 5.67. The van der Waals surface area contributed by atoms with Crippen LogP contribution in [0, 0.1) is 0 Å². The van der Waals surface area contributed by atoms with E-state index >= 15 is 0 Å². The van der Waals surface area contributed by atoms with Crippen molar-refractivity contribution in [2.75, 3.05) is 13.7 Å². The van der Waals surface area contributed by atoms with Gasteiger partial charge in [0.05, 0.1) is 13.2 Å². The zero-order chi connectivity index (χ0) is 13.5. The van der Waals surface area contributed by atoms with Gasteiger partial charge in [-0.2, -0.15) is 0 Å². The maximum atomic E-state index is 11.3. The van der Waals surface area contributed by atoms with Crippen molar-refractivity contribution in [1.82, 2.24) is 5.32 Å². The van der Waals surface area contributed by atoms with Crippen molar-refractivity contribution in [3.8, 4) is 5.75 Å². The Bertz CT molecular complexity index is 403. The number of carbonyl (C=O) groups excluding carboxylic acids is 1. The number of aryl methyl sites for hydroxylation is 1. The summed E-state index contributed by atoms with van der Waals surface area (Å²) >= 11 is 0. The second kappa shape index (κ2) is 7.01. The molecule has 1 unspecified atom stereocenters. The number of rotatable bonds is 6. The van der Waals surface area contributed by atoms with Crippen LogP contribution < -0.4 is 15.8 Å². The van der Waals surface area contributed by atoms with Crippen LogP contribution in [0.25, 0.3) is 0 Å². The highest BCUT2D eigenvalue weighted by Crippen LogP contribution is 2.20. The van der Waals surface area contributed by atoms with Crippen LogP contribution in [0.5, 0.6) is 5.75 Å². The number of ether oxygens (including phenoxy) is 1. The van der Waals surface area contributed by atoms with E-state index in [-0.39, 0.29) is 5.91 Å². The van der Waals surface area contributed by atoms with Gasteiger partial charge in [0.1, 0.15) is 5.75 Å². The Morgan fingerprint density at radius 2 is 2.22 bits per heavy atom. The summed E-state index contributed by atoms with van der Waals surface area (Å²) in [5.74, 6) is 0.806. The number of nitrogens with two attached hydrogens (primary N) is 1. The Morgan fingerprint density at radius 3 is 2.78 bits per heavy atom. The molecule has 4 heteroatoms. The molecule has 1 atom stereocenters. The number of carbonyl (C=O) groups is 1. The lowest BCUT2D eigenvalue weighted by atomic mass is 10.1. The second-order valence-corrected chi connectivity index (χ2v) is 4.33. The van der Waals surface area contributed by atoms with Crippen molar-refractivity contribution in [3.05, 3.63) is 29.3 Å². The van der Waals surface area contributed by atoms with E-state index in [0.717, 1.165) is 18.6 Å². The summed E-state index contributed by atoms with van der Waals surface area (Å²) in [6.07, 6.45) is 1.73. The Balaban J connectivity index is 2.55. The number of amides is 1. The van der Waals surface area contributed by atoms with Gasteiger partial charge in [-0.3, -0.25) is 4.79 Å². The standard InChI is InChI=1S/C14H22N2O2/c1-4-12-9-11(5-6-13(12)18-3)7-8-16-14(17)10(2)15/h5-6,9-10H,4,7-8,15H2,1-3H3,(H,16,17). The summed E-state index contributed by atoms with van der Waals surface area (Å²) in [6.45, 7) is 4.38. The van der Waals surface area contributed by atoms with Crippen molar-refractivity contribution >= 4 is 5.91 Å². The Morgan fingerprint density at radius 1 is 1.50 bits per heavy atom. The van der Waals surface area contributed by atoms with E-state index in [1.165, 1.54) is 11.1 Å². The molecule has 1 rings (SSSR count). The van der Waals surface area contributed by atoms with Gasteiger partial charge in [0.25, 0.3) is 0 Å². The van der Waals surface area contributed by atoms with Gasteiger partial charge in [-0.25, -0.2) is 0 Å². The highest BCUT2D eigenvalue weighted by atomic mass is 16.5. The van der Waals surface area contributed by atoms with E-state index in [2.05, 4.69) is 18.3 Å². The first-order valence-corrected chi connectivity index (χ1v) is 6.27. The van der Waals surface area contributed by atoms with Crippen molar-refractivity contribution in [1.29, 1.82) is 0 Å². The first-order valence-electron chi connectivity index (χ1n) is 6.27. The van der Waals surface area contributed by atoms with Crippen LogP contribution in [-0.2, 0) is 17.6 Å². The molecular formula is C14H22N2O2. The van der Waals surface area contributed by atoms with E-state index in [1.807, 2.05) is 12.1 Å². The lowest BCUT2D eigenvalue weighted by Crippen LogP contribution is -2.39. The van der Waals surface area contributed by atoms with Gasteiger partial charge in [-0.15, -0.1) is 0 Å². The van der Waals surface area contributed by atoms with Crippen LogP contribution in [0.2, 0.25) is 0 Å². The molecule has 0 radical (unpaired) electrons. The molecule has 1 amide bonds. The van der Waals surface area contributed by atoms with Crippen LogP contribution >= 0.6 is 0 Å². The first-order chi connectivity index (χ1) is 8.58. The first kappa shape index (κ1) is 14.5. The summed E-state index contributed by atoms with van der Waals surface area (Å²) in [4.78, 5) is 11.3. The van der Waals surface area contributed by atoms with Gasteiger partial charge in [0, 0.05) is 6.54 Å². The van der Waals surface area contributed by atoms with Gasteiger partial charge in [0.15, 0.2) is 0 Å². The fraction of sp³-hybridized carbons (Fsp3) is 0.500. The molecule has 1 aromatic rings. The van der Waals surface area contributed by atoms with Crippen molar-refractivity contribution in [2.24, 2.45) is 5.73 Å². The Kier molecular flexibility index (Phi) is 5.65. The van der Waals surface area contributed by atoms with Crippen LogP contribution in [0.1, 0.15) is 25.0 Å². The van der Waals surface area contributed by atoms with E-state index in [0.29, 0.717) is 6.54 Å². The number of methoxy groups -OCH3 is 1.